The summed E-state index contributed by atoms with van der Waals surface area (Å²) in [6, 6.07) is 20.6. The van der Waals surface area contributed by atoms with Crippen LogP contribution in [0.4, 0.5) is 42.1 Å². The number of anilines is 2. The van der Waals surface area contributed by atoms with Crippen molar-refractivity contribution in [2.24, 2.45) is 0 Å². The van der Waals surface area contributed by atoms with Crippen molar-refractivity contribution in [3.05, 3.63) is 130 Å². The molecule has 0 aromatic heterocycles. The minimum atomic E-state index is -5.74. The molecule has 6 nitrogen and oxygen atoms in total. The van der Waals surface area contributed by atoms with E-state index in [4.69, 9.17) is 11.6 Å². The highest BCUT2D eigenvalue weighted by molar-refractivity contribution is 8.00. The van der Waals surface area contributed by atoms with Gasteiger partial charge >= 0.3 is 6.18 Å². The first-order valence-electron chi connectivity index (χ1n) is 13.8. The number of hydrogen-bond acceptors (Lipinski definition) is 4. The van der Waals surface area contributed by atoms with Crippen LogP contribution >= 0.6 is 23.4 Å². The molecule has 0 bridgehead atoms. The molecule has 3 amide bonds. The van der Waals surface area contributed by atoms with Gasteiger partial charge in [0.2, 0.25) is 5.91 Å². The van der Waals surface area contributed by atoms with E-state index in [0.717, 1.165) is 11.8 Å². The maximum absolute atomic E-state index is 14.4. The van der Waals surface area contributed by atoms with Crippen LogP contribution in [0.1, 0.15) is 34.8 Å². The predicted molar refractivity (Wildman–Crippen MR) is 168 cm³/mol. The molecule has 1 atom stereocenters. The van der Waals surface area contributed by atoms with Gasteiger partial charge in [-0.05, 0) is 60.5 Å². The Labute approximate surface area is 278 Å². The smallest absolute Gasteiger partial charge is 0.321 e. The maximum atomic E-state index is 14.4. The average Bonchev–Trinajstić information content (AvgIpc) is 3.04. The van der Waals surface area contributed by atoms with Gasteiger partial charge in [0, 0.05) is 21.2 Å². The normalized spacial score (nSPS) is 12.3. The molecule has 0 radical (unpaired) electrons. The van der Waals surface area contributed by atoms with Crippen LogP contribution in [0.3, 0.4) is 0 Å². The first kappa shape index (κ1) is 36.0. The average molecular weight is 710 g/mol. The van der Waals surface area contributed by atoms with Crippen molar-refractivity contribution in [2.45, 2.75) is 29.7 Å². The van der Waals surface area contributed by atoms with E-state index in [0.29, 0.717) is 15.5 Å². The van der Waals surface area contributed by atoms with Crippen molar-refractivity contribution in [3.63, 3.8) is 0 Å². The van der Waals surface area contributed by atoms with Crippen molar-refractivity contribution in [1.82, 2.24) is 5.32 Å². The van der Waals surface area contributed by atoms with Gasteiger partial charge in [0.15, 0.2) is 23.3 Å². The zero-order valence-corrected chi connectivity index (χ0v) is 26.1. The SMILES string of the molecule is CCC(Sc1cccc(NC(=O)/C(=C/c2cccc(Cl)c2)NC(=O)c2ccccc2)c1)C(=O)Nc1c(F)c(F)c(C(F)(F)F)c(F)c1F. The molecule has 15 heteroatoms. The highest BCUT2D eigenvalue weighted by atomic mass is 35.5. The van der Waals surface area contributed by atoms with Crippen molar-refractivity contribution in [1.29, 1.82) is 0 Å². The third kappa shape index (κ3) is 8.75. The second-order valence-electron chi connectivity index (χ2n) is 9.92. The Bertz CT molecular complexity index is 1860. The molecule has 4 aromatic rings. The minimum absolute atomic E-state index is 0.0000372. The predicted octanol–water partition coefficient (Wildman–Crippen LogP) is 8.83. The van der Waals surface area contributed by atoms with E-state index in [1.807, 2.05) is 0 Å². The fourth-order valence-electron chi connectivity index (χ4n) is 4.23. The van der Waals surface area contributed by atoms with Crippen molar-refractivity contribution in [2.75, 3.05) is 10.6 Å². The lowest BCUT2D eigenvalue weighted by atomic mass is 10.1. The van der Waals surface area contributed by atoms with Gasteiger partial charge < -0.3 is 16.0 Å². The number of hydrogen-bond donors (Lipinski definition) is 3. The third-order valence-electron chi connectivity index (χ3n) is 6.52. The second-order valence-corrected chi connectivity index (χ2v) is 11.6. The molecule has 0 saturated heterocycles. The number of halogens is 8. The molecule has 0 aliphatic rings. The topological polar surface area (TPSA) is 87.3 Å². The highest BCUT2D eigenvalue weighted by Crippen LogP contribution is 2.39. The molecule has 250 valence electrons. The largest absolute Gasteiger partial charge is 0.422 e. The van der Waals surface area contributed by atoms with Crippen LogP contribution in [0.5, 0.6) is 0 Å². The van der Waals surface area contributed by atoms with Crippen LogP contribution in [0.15, 0.2) is 89.5 Å². The monoisotopic (exact) mass is 709 g/mol. The van der Waals surface area contributed by atoms with Crippen LogP contribution in [0.2, 0.25) is 5.02 Å². The standard InChI is InChI=1S/C33H23ClF7N3O3S/c1-2-23(32(47)44-29-27(37)25(35)24(33(39,40)41)26(36)28(29)38)48-21-13-7-12-20(16-21)42-31(46)22(15-17-8-6-11-19(34)14-17)43-30(45)18-9-4-3-5-10-18/h3-16,23H,2H2,1H3,(H,42,46)(H,43,45)(H,44,47)/b22-15-. The summed E-state index contributed by atoms with van der Waals surface area (Å²) in [6.07, 6.45) is -4.33. The van der Waals surface area contributed by atoms with Crippen LogP contribution in [0, 0.1) is 23.3 Å². The summed E-state index contributed by atoms with van der Waals surface area (Å²) in [6.45, 7) is 1.51. The molecule has 3 N–H and O–H groups in total. The van der Waals surface area contributed by atoms with Gasteiger partial charge in [-0.1, -0.05) is 54.9 Å². The van der Waals surface area contributed by atoms with Gasteiger partial charge in [0.05, 0.1) is 5.25 Å². The van der Waals surface area contributed by atoms with Crippen molar-refractivity contribution in [3.8, 4) is 0 Å². The Kier molecular flexibility index (Phi) is 11.5. The summed E-state index contributed by atoms with van der Waals surface area (Å²) in [5.41, 5.74) is -3.63. The summed E-state index contributed by atoms with van der Waals surface area (Å²) in [5, 5.41) is 6.08. The highest BCUT2D eigenvalue weighted by Gasteiger charge is 2.42. The zero-order valence-electron chi connectivity index (χ0n) is 24.5. The summed E-state index contributed by atoms with van der Waals surface area (Å²) < 4.78 is 95.7. The van der Waals surface area contributed by atoms with Crippen molar-refractivity contribution >= 4 is 58.5 Å². The Morgan fingerprint density at radius 2 is 1.48 bits per heavy atom. The van der Waals surface area contributed by atoms with E-state index < -0.39 is 63.7 Å². The third-order valence-corrected chi connectivity index (χ3v) is 8.11. The molecule has 48 heavy (non-hydrogen) atoms. The van der Waals surface area contributed by atoms with E-state index in [1.54, 1.807) is 59.9 Å². The lowest BCUT2D eigenvalue weighted by molar-refractivity contribution is -0.143. The molecule has 0 saturated carbocycles. The summed E-state index contributed by atoms with van der Waals surface area (Å²) in [7, 11) is 0. The van der Waals surface area contributed by atoms with Gasteiger partial charge in [0.25, 0.3) is 11.8 Å². The van der Waals surface area contributed by atoms with E-state index in [9.17, 15) is 45.1 Å². The molecule has 0 fully saturated rings. The summed E-state index contributed by atoms with van der Waals surface area (Å²) in [5.74, 6) is -12.7. The number of benzene rings is 4. The molecule has 0 aliphatic carbocycles. The maximum Gasteiger partial charge on any atom is 0.422 e. The Morgan fingerprint density at radius 1 is 0.833 bits per heavy atom. The van der Waals surface area contributed by atoms with Crippen LogP contribution in [-0.4, -0.2) is 23.0 Å². The van der Waals surface area contributed by atoms with Crippen LogP contribution in [0.25, 0.3) is 6.08 Å². The molecule has 0 heterocycles. The number of carbonyl (C=O) groups excluding carboxylic acids is 3. The minimum Gasteiger partial charge on any atom is -0.321 e. The summed E-state index contributed by atoms with van der Waals surface area (Å²) >= 11 is 6.90. The van der Waals surface area contributed by atoms with E-state index in [2.05, 4.69) is 10.6 Å². The number of rotatable bonds is 10. The molecule has 0 spiro atoms. The number of nitrogens with one attached hydrogen (secondary N) is 3. The van der Waals surface area contributed by atoms with E-state index in [1.165, 1.54) is 37.3 Å². The molecular formula is C33H23ClF7N3O3S. The van der Waals surface area contributed by atoms with Gasteiger partial charge in [-0.2, -0.15) is 13.2 Å². The number of amides is 3. The fraction of sp³-hybridized carbons (Fsp3) is 0.121. The molecule has 4 aromatic carbocycles. The van der Waals surface area contributed by atoms with E-state index >= 15 is 0 Å². The van der Waals surface area contributed by atoms with Gasteiger partial charge in [-0.15, -0.1) is 11.8 Å². The number of carbonyl (C=O) groups is 3. The summed E-state index contributed by atoms with van der Waals surface area (Å²) in [4.78, 5) is 39.5. The lowest BCUT2D eigenvalue weighted by Gasteiger charge is -2.18. The quantitative estimate of drug-likeness (QED) is 0.0665. The number of thioether (sulfide) groups is 1. The van der Waals surface area contributed by atoms with Crippen molar-refractivity contribution < 1.29 is 45.1 Å². The van der Waals surface area contributed by atoms with Gasteiger partial charge in [-0.25, -0.2) is 17.6 Å². The molecular weight excluding hydrogens is 687 g/mol. The first-order chi connectivity index (χ1) is 22.7. The molecule has 1 unspecified atom stereocenters. The zero-order chi connectivity index (χ0) is 35.2. The fourth-order valence-corrected chi connectivity index (χ4v) is 5.44. The van der Waals surface area contributed by atoms with E-state index in [-0.39, 0.29) is 23.4 Å². The first-order valence-corrected chi connectivity index (χ1v) is 15.1. The van der Waals surface area contributed by atoms with Crippen LogP contribution < -0.4 is 16.0 Å². The second kappa shape index (κ2) is 15.4. The Balaban J connectivity index is 1.54. The Morgan fingerprint density at radius 3 is 2.08 bits per heavy atom. The molecule has 4 rings (SSSR count). The van der Waals surface area contributed by atoms with Gasteiger partial charge in [0.1, 0.15) is 16.9 Å². The van der Waals surface area contributed by atoms with Gasteiger partial charge in [-0.3, -0.25) is 14.4 Å². The number of alkyl halides is 3. The van der Waals surface area contributed by atoms with Crippen LogP contribution in [-0.2, 0) is 15.8 Å². The lowest BCUT2D eigenvalue weighted by Crippen LogP contribution is -2.30. The molecule has 0 aliphatic heterocycles. The Hall–Kier alpha value is -4.82.